The van der Waals surface area contributed by atoms with Gasteiger partial charge in [-0.05, 0) is 42.0 Å². The molecule has 0 unspecified atom stereocenters. The summed E-state index contributed by atoms with van der Waals surface area (Å²) in [6.07, 6.45) is 1.93. The zero-order valence-corrected chi connectivity index (χ0v) is 14.5. The van der Waals surface area contributed by atoms with Crippen molar-refractivity contribution in [1.29, 1.82) is 0 Å². The summed E-state index contributed by atoms with van der Waals surface area (Å²) in [5.74, 6) is 0. The maximum atomic E-state index is 4.47. The molecule has 4 heteroatoms. The van der Waals surface area contributed by atoms with Crippen LogP contribution in [0.25, 0.3) is 0 Å². The van der Waals surface area contributed by atoms with E-state index in [0.717, 1.165) is 24.3 Å². The second kappa shape index (κ2) is 8.22. The van der Waals surface area contributed by atoms with E-state index in [1.54, 1.807) is 0 Å². The van der Waals surface area contributed by atoms with Crippen molar-refractivity contribution in [3.63, 3.8) is 0 Å². The zero-order valence-electron chi connectivity index (χ0n) is 14.5. The van der Waals surface area contributed by atoms with Crippen molar-refractivity contribution < 1.29 is 0 Å². The molecule has 4 nitrogen and oxygen atoms in total. The Morgan fingerprint density at radius 2 is 1.35 bits per heavy atom. The summed E-state index contributed by atoms with van der Waals surface area (Å²) in [5.41, 5.74) is 4.66. The van der Waals surface area contributed by atoms with Crippen molar-refractivity contribution in [2.24, 2.45) is 4.99 Å². The van der Waals surface area contributed by atoms with E-state index in [9.17, 15) is 0 Å². The van der Waals surface area contributed by atoms with Crippen molar-refractivity contribution in [1.82, 2.24) is 0 Å². The predicted octanol–water partition coefficient (Wildman–Crippen LogP) is 3.35. The molecule has 2 aromatic carbocycles. The summed E-state index contributed by atoms with van der Waals surface area (Å²) in [6, 6.07) is 16.8. The Balaban J connectivity index is 1.76. The largest absolute Gasteiger partial charge is 0.383 e. The summed E-state index contributed by atoms with van der Waals surface area (Å²) < 4.78 is 0. The van der Waals surface area contributed by atoms with Crippen LogP contribution in [-0.2, 0) is 0 Å². The molecule has 2 aromatic rings. The molecule has 2 rings (SSSR count). The average molecular weight is 310 g/mol. The fraction of sp³-hybridized carbons (Fsp3) is 0.316. The predicted molar refractivity (Wildman–Crippen MR) is 102 cm³/mol. The van der Waals surface area contributed by atoms with Crippen LogP contribution in [0, 0.1) is 0 Å². The lowest BCUT2D eigenvalue weighted by Crippen LogP contribution is -2.09. The number of anilines is 3. The highest BCUT2D eigenvalue weighted by atomic mass is 15.1. The van der Waals surface area contributed by atoms with Crippen LogP contribution >= 0.6 is 0 Å². The van der Waals surface area contributed by atoms with Gasteiger partial charge in [0.1, 0.15) is 0 Å². The maximum absolute atomic E-state index is 4.47. The smallest absolute Gasteiger partial charge is 0.0562 e. The molecule has 0 aliphatic rings. The number of benzene rings is 2. The van der Waals surface area contributed by atoms with E-state index >= 15 is 0 Å². The van der Waals surface area contributed by atoms with E-state index in [0.29, 0.717) is 0 Å². The SMILES string of the molecule is CN(C)c1ccc(C=NCCNc2ccc(N(C)C)cc2)cc1. The summed E-state index contributed by atoms with van der Waals surface area (Å²) >= 11 is 0. The molecule has 0 amide bonds. The van der Waals surface area contributed by atoms with E-state index in [2.05, 4.69) is 68.6 Å². The second-order valence-electron chi connectivity index (χ2n) is 5.89. The Labute approximate surface area is 139 Å². The lowest BCUT2D eigenvalue weighted by Gasteiger charge is -2.13. The number of hydrogen-bond acceptors (Lipinski definition) is 4. The fourth-order valence-corrected chi connectivity index (χ4v) is 2.17. The van der Waals surface area contributed by atoms with Crippen molar-refractivity contribution in [2.75, 3.05) is 56.4 Å². The molecule has 0 spiro atoms. The third-order valence-corrected chi connectivity index (χ3v) is 3.60. The van der Waals surface area contributed by atoms with Gasteiger partial charge >= 0.3 is 0 Å². The monoisotopic (exact) mass is 310 g/mol. The molecule has 0 aromatic heterocycles. The fourth-order valence-electron chi connectivity index (χ4n) is 2.17. The van der Waals surface area contributed by atoms with E-state index in [-0.39, 0.29) is 0 Å². The molecule has 0 fully saturated rings. The zero-order chi connectivity index (χ0) is 16.7. The lowest BCUT2D eigenvalue weighted by atomic mass is 10.2. The first kappa shape index (κ1) is 16.9. The first-order valence-corrected chi connectivity index (χ1v) is 7.85. The Bertz CT molecular complexity index is 613. The van der Waals surface area contributed by atoms with Crippen LogP contribution in [0.3, 0.4) is 0 Å². The van der Waals surface area contributed by atoms with E-state index in [1.165, 1.54) is 11.4 Å². The van der Waals surface area contributed by atoms with Gasteiger partial charge in [-0.15, -0.1) is 0 Å². The van der Waals surface area contributed by atoms with Crippen LogP contribution in [0.4, 0.5) is 17.1 Å². The molecular formula is C19H26N4. The first-order chi connectivity index (χ1) is 11.1. The molecule has 0 saturated carbocycles. The van der Waals surface area contributed by atoms with Gasteiger partial charge in [-0.1, -0.05) is 12.1 Å². The molecule has 0 saturated heterocycles. The first-order valence-electron chi connectivity index (χ1n) is 7.85. The molecule has 122 valence electrons. The van der Waals surface area contributed by atoms with Gasteiger partial charge in [0.15, 0.2) is 0 Å². The van der Waals surface area contributed by atoms with Crippen molar-refractivity contribution >= 4 is 23.3 Å². The number of nitrogens with zero attached hydrogens (tertiary/aromatic N) is 3. The van der Waals surface area contributed by atoms with Gasteiger partial charge in [-0.25, -0.2) is 0 Å². The molecule has 1 N–H and O–H groups in total. The van der Waals surface area contributed by atoms with Gasteiger partial charge in [-0.2, -0.15) is 0 Å². The van der Waals surface area contributed by atoms with Crippen molar-refractivity contribution in [3.05, 3.63) is 54.1 Å². The number of rotatable bonds is 7. The summed E-state index contributed by atoms with van der Waals surface area (Å²) in [6.45, 7) is 1.58. The highest BCUT2D eigenvalue weighted by Gasteiger charge is 1.96. The summed E-state index contributed by atoms with van der Waals surface area (Å²) in [4.78, 5) is 8.65. The average Bonchev–Trinajstić information content (AvgIpc) is 2.55. The number of nitrogens with one attached hydrogen (secondary N) is 1. The quantitative estimate of drug-likeness (QED) is 0.628. The third kappa shape index (κ3) is 5.33. The minimum absolute atomic E-state index is 0.755. The van der Waals surface area contributed by atoms with Gasteiger partial charge < -0.3 is 15.1 Å². The number of hydrogen-bond donors (Lipinski definition) is 1. The topological polar surface area (TPSA) is 30.9 Å². The van der Waals surface area contributed by atoms with Crippen LogP contribution in [0.1, 0.15) is 5.56 Å². The molecule has 0 heterocycles. The maximum Gasteiger partial charge on any atom is 0.0562 e. The van der Waals surface area contributed by atoms with Crippen molar-refractivity contribution in [2.45, 2.75) is 0 Å². The third-order valence-electron chi connectivity index (χ3n) is 3.60. The van der Waals surface area contributed by atoms with Gasteiger partial charge in [0.2, 0.25) is 0 Å². The molecule has 0 bridgehead atoms. The normalized spacial score (nSPS) is 10.8. The summed E-state index contributed by atoms with van der Waals surface area (Å²) in [7, 11) is 8.17. The minimum atomic E-state index is 0.755. The van der Waals surface area contributed by atoms with Crippen LogP contribution in [0.2, 0.25) is 0 Å². The van der Waals surface area contributed by atoms with E-state index < -0.39 is 0 Å². The molecule has 0 aliphatic heterocycles. The molecule has 0 atom stereocenters. The standard InChI is InChI=1S/C19H26N4/c1-22(2)18-9-5-16(6-10-18)15-20-13-14-21-17-7-11-19(12-8-17)23(3)4/h5-12,15,21H,13-14H2,1-4H3. The van der Waals surface area contributed by atoms with Crippen LogP contribution in [0.15, 0.2) is 53.5 Å². The van der Waals surface area contributed by atoms with Crippen LogP contribution in [-0.4, -0.2) is 47.5 Å². The highest BCUT2D eigenvalue weighted by Crippen LogP contribution is 2.15. The molecule has 23 heavy (non-hydrogen) atoms. The molecule has 0 aliphatic carbocycles. The molecular weight excluding hydrogens is 284 g/mol. The van der Waals surface area contributed by atoms with E-state index in [1.807, 2.05) is 34.4 Å². The van der Waals surface area contributed by atoms with Gasteiger partial charge in [0, 0.05) is 58.0 Å². The van der Waals surface area contributed by atoms with Gasteiger partial charge in [-0.3, -0.25) is 4.99 Å². The highest BCUT2D eigenvalue weighted by molar-refractivity contribution is 5.80. The lowest BCUT2D eigenvalue weighted by molar-refractivity contribution is 1.03. The Kier molecular flexibility index (Phi) is 6.03. The second-order valence-corrected chi connectivity index (χ2v) is 5.89. The summed E-state index contributed by atoms with van der Waals surface area (Å²) in [5, 5.41) is 3.38. The minimum Gasteiger partial charge on any atom is -0.383 e. The Hall–Kier alpha value is -2.49. The van der Waals surface area contributed by atoms with E-state index in [4.69, 9.17) is 0 Å². The van der Waals surface area contributed by atoms with Crippen LogP contribution < -0.4 is 15.1 Å². The van der Waals surface area contributed by atoms with Crippen molar-refractivity contribution in [3.8, 4) is 0 Å². The molecule has 0 radical (unpaired) electrons. The number of aliphatic imine (C=N–C) groups is 1. The van der Waals surface area contributed by atoms with Gasteiger partial charge in [0.25, 0.3) is 0 Å². The Morgan fingerprint density at radius 3 is 1.87 bits per heavy atom. The van der Waals surface area contributed by atoms with Gasteiger partial charge in [0.05, 0.1) is 6.54 Å². The van der Waals surface area contributed by atoms with Crippen LogP contribution in [0.5, 0.6) is 0 Å². The Morgan fingerprint density at radius 1 is 0.826 bits per heavy atom.